The first-order chi connectivity index (χ1) is 10.7. The summed E-state index contributed by atoms with van der Waals surface area (Å²) in [6, 6.07) is 3.77. The molecule has 6 heteroatoms. The number of hydrogen-bond acceptors (Lipinski definition) is 5. The molecule has 0 N–H and O–H groups in total. The van der Waals surface area contributed by atoms with Crippen molar-refractivity contribution in [2.45, 2.75) is 18.9 Å². The number of ether oxygens (including phenoxy) is 1. The zero-order valence-electron chi connectivity index (χ0n) is 12.8. The van der Waals surface area contributed by atoms with Crippen LogP contribution in [0.1, 0.15) is 18.4 Å². The third-order valence-corrected chi connectivity index (χ3v) is 4.47. The highest BCUT2D eigenvalue weighted by Gasteiger charge is 2.29. The third-order valence-electron chi connectivity index (χ3n) is 4.19. The average molecular weight is 321 g/mol. The highest BCUT2D eigenvalue weighted by atomic mass is 35.5. The van der Waals surface area contributed by atoms with E-state index in [1.807, 2.05) is 0 Å². The first-order valence-corrected chi connectivity index (χ1v) is 8.14. The number of likely N-dealkylation sites (N-methyl/N-ethyl adjacent to an activating group) is 1. The lowest BCUT2D eigenvalue weighted by Crippen LogP contribution is -2.46. The topological polar surface area (TPSA) is 52.4 Å². The minimum Gasteiger partial charge on any atom is -0.374 e. The van der Waals surface area contributed by atoms with E-state index in [1.54, 1.807) is 12.3 Å². The van der Waals surface area contributed by atoms with E-state index < -0.39 is 0 Å². The van der Waals surface area contributed by atoms with E-state index in [1.165, 1.54) is 12.8 Å². The van der Waals surface area contributed by atoms with Gasteiger partial charge in [0, 0.05) is 32.4 Å². The maximum absolute atomic E-state index is 8.95. The molecule has 2 heterocycles. The molecule has 1 saturated carbocycles. The van der Waals surface area contributed by atoms with Crippen LogP contribution in [0.4, 0.5) is 5.82 Å². The van der Waals surface area contributed by atoms with E-state index in [4.69, 9.17) is 21.6 Å². The normalized spacial score (nSPS) is 22.3. The van der Waals surface area contributed by atoms with Gasteiger partial charge in [0.05, 0.1) is 23.3 Å². The van der Waals surface area contributed by atoms with Crippen molar-refractivity contribution >= 4 is 17.4 Å². The van der Waals surface area contributed by atoms with E-state index in [0.29, 0.717) is 10.6 Å². The fourth-order valence-corrected chi connectivity index (χ4v) is 3.09. The Hall–Kier alpha value is -1.35. The smallest absolute Gasteiger partial charge is 0.147 e. The van der Waals surface area contributed by atoms with Gasteiger partial charge in [-0.25, -0.2) is 4.98 Å². The van der Waals surface area contributed by atoms with Gasteiger partial charge in [-0.3, -0.25) is 0 Å². The number of anilines is 1. The second kappa shape index (κ2) is 6.82. The highest BCUT2D eigenvalue weighted by Crippen LogP contribution is 2.33. The van der Waals surface area contributed by atoms with Crippen molar-refractivity contribution in [1.29, 1.82) is 5.26 Å². The number of aromatic nitrogens is 1. The maximum Gasteiger partial charge on any atom is 0.147 e. The standard InChI is InChI=1S/C16H21ClN4O/c1-20-4-5-22-14(10-20)11-21(9-12-2-3-12)16-15(17)6-13(7-18)8-19-16/h6,8,12,14H,2-5,9-11H2,1H3. The maximum atomic E-state index is 8.95. The average Bonchev–Trinajstić information content (AvgIpc) is 3.30. The summed E-state index contributed by atoms with van der Waals surface area (Å²) >= 11 is 6.35. The number of nitrogens with zero attached hydrogens (tertiary/aromatic N) is 4. The molecule has 0 radical (unpaired) electrons. The Kier molecular flexibility index (Phi) is 4.82. The van der Waals surface area contributed by atoms with Gasteiger partial charge in [-0.2, -0.15) is 5.26 Å². The summed E-state index contributed by atoms with van der Waals surface area (Å²) in [7, 11) is 2.12. The fourth-order valence-electron chi connectivity index (χ4n) is 2.81. The van der Waals surface area contributed by atoms with Crippen LogP contribution in [0.2, 0.25) is 5.02 Å². The minimum absolute atomic E-state index is 0.172. The van der Waals surface area contributed by atoms with Crippen molar-refractivity contribution in [3.05, 3.63) is 22.8 Å². The quantitative estimate of drug-likeness (QED) is 0.832. The van der Waals surface area contributed by atoms with Crippen LogP contribution in [0.15, 0.2) is 12.3 Å². The SMILES string of the molecule is CN1CCOC(CN(CC2CC2)c2ncc(C#N)cc2Cl)C1. The third kappa shape index (κ3) is 3.89. The Morgan fingerprint density at radius 1 is 1.50 bits per heavy atom. The van der Waals surface area contributed by atoms with Gasteiger partial charge in [-0.05, 0) is 31.9 Å². The molecule has 2 fully saturated rings. The summed E-state index contributed by atoms with van der Waals surface area (Å²) in [5.74, 6) is 1.50. The Morgan fingerprint density at radius 3 is 2.95 bits per heavy atom. The Bertz CT molecular complexity index is 570. The fraction of sp³-hybridized carbons (Fsp3) is 0.625. The van der Waals surface area contributed by atoms with Crippen LogP contribution >= 0.6 is 11.6 Å². The molecule has 0 bridgehead atoms. The molecule has 1 atom stereocenters. The van der Waals surface area contributed by atoms with Crippen LogP contribution in [-0.4, -0.2) is 55.8 Å². The monoisotopic (exact) mass is 320 g/mol. The molecule has 0 spiro atoms. The molecule has 0 amide bonds. The zero-order valence-corrected chi connectivity index (χ0v) is 13.6. The van der Waals surface area contributed by atoms with Gasteiger partial charge in [0.15, 0.2) is 0 Å². The number of rotatable bonds is 5. The molecular weight excluding hydrogens is 300 g/mol. The van der Waals surface area contributed by atoms with Crippen LogP contribution in [0.3, 0.4) is 0 Å². The van der Waals surface area contributed by atoms with Crippen molar-refractivity contribution in [2.24, 2.45) is 5.92 Å². The van der Waals surface area contributed by atoms with E-state index in [-0.39, 0.29) is 6.10 Å². The summed E-state index contributed by atoms with van der Waals surface area (Å²) in [5, 5.41) is 9.49. The molecule has 1 unspecified atom stereocenters. The van der Waals surface area contributed by atoms with Crippen LogP contribution in [-0.2, 0) is 4.74 Å². The number of hydrogen-bond donors (Lipinski definition) is 0. The molecule has 22 heavy (non-hydrogen) atoms. The van der Waals surface area contributed by atoms with Crippen LogP contribution in [0.5, 0.6) is 0 Å². The minimum atomic E-state index is 0.172. The van der Waals surface area contributed by atoms with Crippen LogP contribution in [0, 0.1) is 17.2 Å². The Morgan fingerprint density at radius 2 is 2.32 bits per heavy atom. The van der Waals surface area contributed by atoms with Crippen molar-refractivity contribution in [3.63, 3.8) is 0 Å². The molecule has 1 aromatic heterocycles. The lowest BCUT2D eigenvalue weighted by Gasteiger charge is -2.34. The molecule has 5 nitrogen and oxygen atoms in total. The first kappa shape index (κ1) is 15.5. The van der Waals surface area contributed by atoms with Gasteiger partial charge in [0.2, 0.25) is 0 Å². The van der Waals surface area contributed by atoms with Crippen LogP contribution in [0.25, 0.3) is 0 Å². The van der Waals surface area contributed by atoms with Crippen molar-refractivity contribution in [3.8, 4) is 6.07 Å². The largest absolute Gasteiger partial charge is 0.374 e. The van der Waals surface area contributed by atoms with Gasteiger partial charge in [-0.15, -0.1) is 0 Å². The van der Waals surface area contributed by atoms with Crippen molar-refractivity contribution in [2.75, 3.05) is 44.7 Å². The molecule has 1 aliphatic heterocycles. The molecule has 0 aromatic carbocycles. The summed E-state index contributed by atoms with van der Waals surface area (Å²) in [6.07, 6.45) is 4.31. The number of pyridine rings is 1. The highest BCUT2D eigenvalue weighted by molar-refractivity contribution is 6.33. The lowest BCUT2D eigenvalue weighted by molar-refractivity contribution is -0.0149. The van der Waals surface area contributed by atoms with Gasteiger partial charge in [0.1, 0.15) is 11.9 Å². The predicted molar refractivity (Wildman–Crippen MR) is 86.1 cm³/mol. The summed E-state index contributed by atoms with van der Waals surface area (Å²) in [4.78, 5) is 8.93. The molecular formula is C16H21ClN4O. The van der Waals surface area contributed by atoms with Gasteiger partial charge >= 0.3 is 0 Å². The number of halogens is 1. The number of nitriles is 1. The summed E-state index contributed by atoms with van der Waals surface area (Å²) in [6.45, 7) is 4.43. The van der Waals surface area contributed by atoms with E-state index >= 15 is 0 Å². The summed E-state index contributed by atoms with van der Waals surface area (Å²) < 4.78 is 5.88. The zero-order chi connectivity index (χ0) is 15.5. The second-order valence-corrected chi connectivity index (χ2v) is 6.65. The van der Waals surface area contributed by atoms with Gasteiger partial charge in [-0.1, -0.05) is 11.6 Å². The molecule has 118 valence electrons. The summed E-state index contributed by atoms with van der Waals surface area (Å²) in [5.41, 5.74) is 0.494. The van der Waals surface area contributed by atoms with Gasteiger partial charge < -0.3 is 14.5 Å². The van der Waals surface area contributed by atoms with Crippen molar-refractivity contribution < 1.29 is 4.74 Å². The van der Waals surface area contributed by atoms with E-state index in [9.17, 15) is 0 Å². The van der Waals surface area contributed by atoms with E-state index in [0.717, 1.165) is 44.5 Å². The Labute approximate surface area is 136 Å². The second-order valence-electron chi connectivity index (χ2n) is 6.24. The predicted octanol–water partition coefficient (Wildman–Crippen LogP) is 2.15. The first-order valence-electron chi connectivity index (χ1n) is 7.76. The van der Waals surface area contributed by atoms with Crippen molar-refractivity contribution in [1.82, 2.24) is 9.88 Å². The molecule has 2 aliphatic rings. The number of morpholine rings is 1. The van der Waals surface area contributed by atoms with Gasteiger partial charge in [0.25, 0.3) is 0 Å². The molecule has 1 saturated heterocycles. The molecule has 3 rings (SSSR count). The Balaban J connectivity index is 1.75. The van der Waals surface area contributed by atoms with Crippen LogP contribution < -0.4 is 4.90 Å². The molecule has 1 aliphatic carbocycles. The van der Waals surface area contributed by atoms with E-state index in [2.05, 4.69) is 27.9 Å². The lowest BCUT2D eigenvalue weighted by atomic mass is 10.2. The molecule has 1 aromatic rings.